The number of rotatable bonds is 5. The Bertz CT molecular complexity index is 515. The maximum Gasteiger partial charge on any atom is 0.214 e. The zero-order valence-corrected chi connectivity index (χ0v) is 13.0. The quantitative estimate of drug-likeness (QED) is 0.836. The fourth-order valence-corrected chi connectivity index (χ4v) is 4.27. The summed E-state index contributed by atoms with van der Waals surface area (Å²) in [4.78, 5) is 0. The molecule has 1 saturated heterocycles. The summed E-state index contributed by atoms with van der Waals surface area (Å²) in [7, 11) is -3.18. The van der Waals surface area contributed by atoms with E-state index in [0.29, 0.717) is 19.6 Å². The molecule has 1 aromatic carbocycles. The van der Waals surface area contributed by atoms with Crippen LogP contribution in [0.2, 0.25) is 0 Å². The van der Waals surface area contributed by atoms with E-state index >= 15 is 0 Å². The third-order valence-corrected chi connectivity index (χ3v) is 5.65. The number of aryl methyl sites for hydroxylation is 1. The van der Waals surface area contributed by atoms with Gasteiger partial charge < -0.3 is 4.74 Å². The number of benzene rings is 1. The predicted octanol–water partition coefficient (Wildman–Crippen LogP) is 2.06. The molecular formula is C15H23NO3S. The van der Waals surface area contributed by atoms with Crippen molar-refractivity contribution in [1.82, 2.24) is 4.31 Å². The first-order valence-electron chi connectivity index (χ1n) is 7.14. The van der Waals surface area contributed by atoms with E-state index in [9.17, 15) is 8.42 Å². The molecule has 20 heavy (non-hydrogen) atoms. The lowest BCUT2D eigenvalue weighted by molar-refractivity contribution is -0.0170. The van der Waals surface area contributed by atoms with E-state index in [2.05, 4.69) is 0 Å². The fraction of sp³-hybridized carbons (Fsp3) is 0.600. The van der Waals surface area contributed by atoms with Crippen LogP contribution in [0.4, 0.5) is 0 Å². The smallest absolute Gasteiger partial charge is 0.214 e. The standard InChI is InChI=1S/C15H23NO3S/c1-13-12-19-14(2)11-16(13)20(17,18)10-6-9-15-7-4-3-5-8-15/h3-5,7-8,13-14H,6,9-12H2,1-2H3. The van der Waals surface area contributed by atoms with Crippen molar-refractivity contribution in [3.63, 3.8) is 0 Å². The minimum atomic E-state index is -3.18. The van der Waals surface area contributed by atoms with Crippen LogP contribution in [0.3, 0.4) is 0 Å². The van der Waals surface area contributed by atoms with Gasteiger partial charge in [-0.05, 0) is 32.3 Å². The Morgan fingerprint density at radius 2 is 1.95 bits per heavy atom. The highest BCUT2D eigenvalue weighted by Gasteiger charge is 2.32. The van der Waals surface area contributed by atoms with Crippen LogP contribution in [-0.4, -0.2) is 43.8 Å². The molecule has 0 bridgehead atoms. The molecule has 112 valence electrons. The molecule has 1 fully saturated rings. The van der Waals surface area contributed by atoms with Gasteiger partial charge in [-0.1, -0.05) is 30.3 Å². The predicted molar refractivity (Wildman–Crippen MR) is 80.1 cm³/mol. The zero-order chi connectivity index (χ0) is 14.6. The van der Waals surface area contributed by atoms with Crippen molar-refractivity contribution in [3.05, 3.63) is 35.9 Å². The van der Waals surface area contributed by atoms with Gasteiger partial charge >= 0.3 is 0 Å². The van der Waals surface area contributed by atoms with Gasteiger partial charge in [0, 0.05) is 12.6 Å². The van der Waals surface area contributed by atoms with Gasteiger partial charge in [0.15, 0.2) is 0 Å². The topological polar surface area (TPSA) is 46.6 Å². The van der Waals surface area contributed by atoms with Crippen LogP contribution >= 0.6 is 0 Å². The maximum absolute atomic E-state index is 12.4. The van der Waals surface area contributed by atoms with Gasteiger partial charge in [0.05, 0.1) is 18.5 Å². The average Bonchev–Trinajstić information content (AvgIpc) is 2.42. The number of hydrogen-bond donors (Lipinski definition) is 0. The molecule has 0 radical (unpaired) electrons. The lowest BCUT2D eigenvalue weighted by Crippen LogP contribution is -2.50. The van der Waals surface area contributed by atoms with E-state index in [4.69, 9.17) is 4.74 Å². The van der Waals surface area contributed by atoms with Crippen LogP contribution in [0.15, 0.2) is 30.3 Å². The van der Waals surface area contributed by atoms with Gasteiger partial charge in [-0.2, -0.15) is 4.31 Å². The molecule has 0 N–H and O–H groups in total. The molecule has 4 nitrogen and oxygen atoms in total. The molecule has 0 spiro atoms. The minimum Gasteiger partial charge on any atom is -0.375 e. The molecular weight excluding hydrogens is 274 g/mol. The molecule has 1 aromatic rings. The van der Waals surface area contributed by atoms with Crippen LogP contribution in [0.5, 0.6) is 0 Å². The van der Waals surface area contributed by atoms with Crippen molar-refractivity contribution in [2.45, 2.75) is 38.8 Å². The van der Waals surface area contributed by atoms with Gasteiger partial charge in [0.25, 0.3) is 0 Å². The van der Waals surface area contributed by atoms with Crippen molar-refractivity contribution < 1.29 is 13.2 Å². The Kier molecular flexibility index (Phi) is 5.18. The van der Waals surface area contributed by atoms with E-state index in [1.165, 1.54) is 5.56 Å². The molecule has 1 aliphatic rings. The first-order chi connectivity index (χ1) is 9.49. The fourth-order valence-electron chi connectivity index (χ4n) is 2.48. The number of hydrogen-bond acceptors (Lipinski definition) is 3. The Hall–Kier alpha value is -0.910. The van der Waals surface area contributed by atoms with Gasteiger partial charge in [-0.25, -0.2) is 8.42 Å². The number of nitrogens with zero attached hydrogens (tertiary/aromatic N) is 1. The molecule has 2 unspecified atom stereocenters. The average molecular weight is 297 g/mol. The van der Waals surface area contributed by atoms with Crippen LogP contribution in [0.1, 0.15) is 25.8 Å². The highest BCUT2D eigenvalue weighted by molar-refractivity contribution is 7.89. The van der Waals surface area contributed by atoms with E-state index in [0.717, 1.165) is 6.42 Å². The van der Waals surface area contributed by atoms with E-state index in [1.54, 1.807) is 4.31 Å². The molecule has 5 heteroatoms. The second-order valence-electron chi connectivity index (χ2n) is 5.47. The van der Waals surface area contributed by atoms with Crippen LogP contribution < -0.4 is 0 Å². The Labute approximate surface area is 121 Å². The van der Waals surface area contributed by atoms with Crippen molar-refractivity contribution in [3.8, 4) is 0 Å². The monoisotopic (exact) mass is 297 g/mol. The van der Waals surface area contributed by atoms with Crippen LogP contribution in [0, 0.1) is 0 Å². The SMILES string of the molecule is CC1CN(S(=O)(=O)CCCc2ccccc2)C(C)CO1. The van der Waals surface area contributed by atoms with E-state index in [-0.39, 0.29) is 17.9 Å². The summed E-state index contributed by atoms with van der Waals surface area (Å²) in [6.45, 7) is 4.77. The lowest BCUT2D eigenvalue weighted by Gasteiger charge is -2.35. The number of sulfonamides is 1. The largest absolute Gasteiger partial charge is 0.375 e. The third-order valence-electron chi connectivity index (χ3n) is 3.62. The second-order valence-corrected chi connectivity index (χ2v) is 7.51. The molecule has 0 saturated carbocycles. The first kappa shape index (κ1) is 15.5. The van der Waals surface area contributed by atoms with Crippen molar-refractivity contribution in [2.24, 2.45) is 0 Å². The Morgan fingerprint density at radius 3 is 2.65 bits per heavy atom. The van der Waals surface area contributed by atoms with E-state index in [1.807, 2.05) is 44.2 Å². The molecule has 0 aliphatic carbocycles. The van der Waals surface area contributed by atoms with Gasteiger partial charge in [0.1, 0.15) is 0 Å². The summed E-state index contributed by atoms with van der Waals surface area (Å²) in [5.74, 6) is 0.207. The van der Waals surface area contributed by atoms with Crippen LogP contribution in [-0.2, 0) is 21.2 Å². The first-order valence-corrected chi connectivity index (χ1v) is 8.75. The molecule has 2 atom stereocenters. The molecule has 0 amide bonds. The van der Waals surface area contributed by atoms with Gasteiger partial charge in [-0.3, -0.25) is 0 Å². The van der Waals surface area contributed by atoms with Crippen LogP contribution in [0.25, 0.3) is 0 Å². The maximum atomic E-state index is 12.4. The highest BCUT2D eigenvalue weighted by atomic mass is 32.2. The second kappa shape index (κ2) is 6.70. The highest BCUT2D eigenvalue weighted by Crippen LogP contribution is 2.17. The Morgan fingerprint density at radius 1 is 1.25 bits per heavy atom. The third kappa shape index (κ3) is 4.04. The zero-order valence-electron chi connectivity index (χ0n) is 12.2. The lowest BCUT2D eigenvalue weighted by atomic mass is 10.1. The van der Waals surface area contributed by atoms with E-state index < -0.39 is 10.0 Å². The molecule has 1 aliphatic heterocycles. The normalized spacial score (nSPS) is 24.7. The Balaban J connectivity index is 1.90. The minimum absolute atomic E-state index is 0.0184. The number of ether oxygens (including phenoxy) is 1. The van der Waals surface area contributed by atoms with Crippen molar-refractivity contribution >= 4 is 10.0 Å². The van der Waals surface area contributed by atoms with Gasteiger partial charge in [0.2, 0.25) is 10.0 Å². The summed E-state index contributed by atoms with van der Waals surface area (Å²) in [6.07, 6.45) is 1.44. The summed E-state index contributed by atoms with van der Waals surface area (Å²) < 4.78 is 31.9. The summed E-state index contributed by atoms with van der Waals surface area (Å²) in [5, 5.41) is 0. The van der Waals surface area contributed by atoms with Crippen molar-refractivity contribution in [2.75, 3.05) is 18.9 Å². The van der Waals surface area contributed by atoms with Crippen molar-refractivity contribution in [1.29, 1.82) is 0 Å². The molecule has 1 heterocycles. The van der Waals surface area contributed by atoms with Gasteiger partial charge in [-0.15, -0.1) is 0 Å². The summed E-state index contributed by atoms with van der Waals surface area (Å²) in [6, 6.07) is 9.94. The molecule has 0 aromatic heterocycles. The summed E-state index contributed by atoms with van der Waals surface area (Å²) >= 11 is 0. The molecule has 2 rings (SSSR count). The summed E-state index contributed by atoms with van der Waals surface area (Å²) in [5.41, 5.74) is 1.19. The number of morpholine rings is 1.